The predicted molar refractivity (Wildman–Crippen MR) is 88.4 cm³/mol. The van der Waals surface area contributed by atoms with Crippen LogP contribution in [0.4, 0.5) is 0 Å². The second-order valence-electron chi connectivity index (χ2n) is 5.88. The molecular formula is C17H26N2O4. The fourth-order valence-electron chi connectivity index (χ4n) is 3.13. The lowest BCUT2D eigenvalue weighted by atomic mass is 9.86. The van der Waals surface area contributed by atoms with Crippen molar-refractivity contribution in [1.82, 2.24) is 5.32 Å². The van der Waals surface area contributed by atoms with E-state index >= 15 is 0 Å². The quantitative estimate of drug-likeness (QED) is 0.836. The van der Waals surface area contributed by atoms with Crippen LogP contribution in [0, 0.1) is 5.92 Å². The van der Waals surface area contributed by atoms with Gasteiger partial charge in [-0.1, -0.05) is 6.42 Å². The monoisotopic (exact) mass is 322 g/mol. The Hall–Kier alpha value is -1.95. The third-order valence-electron chi connectivity index (χ3n) is 4.32. The minimum absolute atomic E-state index is 0.179. The molecule has 1 amide bonds. The Balaban J connectivity index is 2.09. The van der Waals surface area contributed by atoms with Gasteiger partial charge in [-0.25, -0.2) is 0 Å². The van der Waals surface area contributed by atoms with Crippen molar-refractivity contribution < 1.29 is 19.0 Å². The Kier molecular flexibility index (Phi) is 6.10. The van der Waals surface area contributed by atoms with Gasteiger partial charge in [0.2, 0.25) is 5.75 Å². The molecular weight excluding hydrogens is 296 g/mol. The summed E-state index contributed by atoms with van der Waals surface area (Å²) < 4.78 is 15.9. The molecule has 1 saturated carbocycles. The number of nitrogens with one attached hydrogen (secondary N) is 1. The molecule has 0 saturated heterocycles. The molecule has 128 valence electrons. The molecule has 0 spiro atoms. The first-order valence-corrected chi connectivity index (χ1v) is 7.93. The Morgan fingerprint density at radius 3 is 2.52 bits per heavy atom. The number of hydrogen-bond donors (Lipinski definition) is 2. The van der Waals surface area contributed by atoms with Crippen LogP contribution in [0.1, 0.15) is 36.0 Å². The highest BCUT2D eigenvalue weighted by Gasteiger charge is 2.23. The second kappa shape index (κ2) is 8.06. The van der Waals surface area contributed by atoms with E-state index in [1.165, 1.54) is 14.2 Å². The lowest BCUT2D eigenvalue weighted by Gasteiger charge is -2.26. The smallest absolute Gasteiger partial charge is 0.255 e. The first-order chi connectivity index (χ1) is 11.1. The summed E-state index contributed by atoms with van der Waals surface area (Å²) in [5.74, 6) is 1.59. The fourth-order valence-corrected chi connectivity index (χ4v) is 3.13. The average Bonchev–Trinajstić information content (AvgIpc) is 2.58. The topological polar surface area (TPSA) is 82.8 Å². The molecule has 2 atom stereocenters. The molecule has 0 heterocycles. The summed E-state index contributed by atoms with van der Waals surface area (Å²) in [4.78, 5) is 12.5. The van der Waals surface area contributed by atoms with Gasteiger partial charge < -0.3 is 25.3 Å². The van der Waals surface area contributed by atoms with Crippen LogP contribution in [0.5, 0.6) is 17.2 Å². The molecule has 23 heavy (non-hydrogen) atoms. The molecule has 3 N–H and O–H groups in total. The summed E-state index contributed by atoms with van der Waals surface area (Å²) in [5.41, 5.74) is 6.43. The van der Waals surface area contributed by atoms with Crippen molar-refractivity contribution in [2.75, 3.05) is 27.9 Å². The molecule has 0 aromatic heterocycles. The van der Waals surface area contributed by atoms with Crippen LogP contribution in [0.15, 0.2) is 12.1 Å². The van der Waals surface area contributed by atoms with Crippen molar-refractivity contribution in [2.24, 2.45) is 11.7 Å². The summed E-state index contributed by atoms with van der Waals surface area (Å²) in [6, 6.07) is 3.64. The number of nitrogens with two attached hydrogens (primary N) is 1. The maximum atomic E-state index is 12.5. The van der Waals surface area contributed by atoms with Crippen molar-refractivity contribution in [2.45, 2.75) is 31.7 Å². The molecule has 1 aliphatic rings. The largest absolute Gasteiger partial charge is 0.493 e. The van der Waals surface area contributed by atoms with E-state index in [1.807, 2.05) is 0 Å². The molecule has 1 aromatic carbocycles. The highest BCUT2D eigenvalue weighted by atomic mass is 16.5. The predicted octanol–water partition coefficient (Wildman–Crippen LogP) is 1.96. The minimum Gasteiger partial charge on any atom is -0.493 e. The van der Waals surface area contributed by atoms with Crippen LogP contribution < -0.4 is 25.3 Å². The Morgan fingerprint density at radius 1 is 1.17 bits per heavy atom. The number of ether oxygens (including phenoxy) is 3. The summed E-state index contributed by atoms with van der Waals surface area (Å²) in [5, 5.41) is 2.98. The van der Waals surface area contributed by atoms with Gasteiger partial charge in [-0.3, -0.25) is 4.79 Å². The highest BCUT2D eigenvalue weighted by molar-refractivity contribution is 5.98. The summed E-state index contributed by atoms with van der Waals surface area (Å²) in [6.07, 6.45) is 4.27. The molecule has 1 aromatic rings. The van der Waals surface area contributed by atoms with Crippen molar-refractivity contribution >= 4 is 5.91 Å². The summed E-state index contributed by atoms with van der Waals surface area (Å²) >= 11 is 0. The van der Waals surface area contributed by atoms with Gasteiger partial charge in [0, 0.05) is 12.6 Å². The van der Waals surface area contributed by atoms with E-state index in [9.17, 15) is 4.79 Å². The molecule has 0 bridgehead atoms. The van der Waals surface area contributed by atoms with Gasteiger partial charge in [0.1, 0.15) is 0 Å². The number of methoxy groups -OCH3 is 3. The van der Waals surface area contributed by atoms with E-state index in [0.29, 0.717) is 35.3 Å². The zero-order chi connectivity index (χ0) is 16.8. The summed E-state index contributed by atoms with van der Waals surface area (Å²) in [7, 11) is 4.57. The molecule has 1 fully saturated rings. The number of carbonyl (C=O) groups excluding carboxylic acids is 1. The number of benzene rings is 1. The SMILES string of the molecule is COc1ccc(C(=O)NCC2CCCC(N)C2)c(OC)c1OC. The van der Waals surface area contributed by atoms with Crippen LogP contribution in [0.25, 0.3) is 0 Å². The molecule has 0 aliphatic heterocycles. The Labute approximate surface area is 137 Å². The highest BCUT2D eigenvalue weighted by Crippen LogP contribution is 2.39. The number of carbonyl (C=O) groups is 1. The van der Waals surface area contributed by atoms with E-state index in [-0.39, 0.29) is 11.9 Å². The first-order valence-electron chi connectivity index (χ1n) is 7.93. The molecule has 6 nitrogen and oxygen atoms in total. The van der Waals surface area contributed by atoms with Gasteiger partial charge in [0.05, 0.1) is 26.9 Å². The number of rotatable bonds is 6. The Morgan fingerprint density at radius 2 is 1.91 bits per heavy atom. The fraction of sp³-hybridized carbons (Fsp3) is 0.588. The van der Waals surface area contributed by atoms with Gasteiger partial charge in [0.15, 0.2) is 11.5 Å². The minimum atomic E-state index is -0.179. The van der Waals surface area contributed by atoms with Crippen molar-refractivity contribution in [1.29, 1.82) is 0 Å². The van der Waals surface area contributed by atoms with Crippen LogP contribution in [-0.4, -0.2) is 39.8 Å². The zero-order valence-corrected chi connectivity index (χ0v) is 14.1. The van der Waals surface area contributed by atoms with E-state index in [0.717, 1.165) is 25.7 Å². The zero-order valence-electron chi connectivity index (χ0n) is 14.1. The summed E-state index contributed by atoms with van der Waals surface area (Å²) in [6.45, 7) is 0.629. The van der Waals surface area contributed by atoms with Gasteiger partial charge in [-0.05, 0) is 37.3 Å². The van der Waals surface area contributed by atoms with Crippen LogP contribution in [0.2, 0.25) is 0 Å². The number of amides is 1. The maximum Gasteiger partial charge on any atom is 0.255 e. The maximum absolute atomic E-state index is 12.5. The van der Waals surface area contributed by atoms with Gasteiger partial charge in [-0.15, -0.1) is 0 Å². The second-order valence-corrected chi connectivity index (χ2v) is 5.88. The third kappa shape index (κ3) is 4.07. The molecule has 0 radical (unpaired) electrons. The van der Waals surface area contributed by atoms with Gasteiger partial charge >= 0.3 is 0 Å². The van der Waals surface area contributed by atoms with Crippen molar-refractivity contribution in [3.63, 3.8) is 0 Å². The van der Waals surface area contributed by atoms with E-state index in [4.69, 9.17) is 19.9 Å². The Bertz CT molecular complexity index is 548. The molecule has 2 rings (SSSR count). The van der Waals surface area contributed by atoms with E-state index in [1.54, 1.807) is 19.2 Å². The molecule has 2 unspecified atom stereocenters. The lowest BCUT2D eigenvalue weighted by Crippen LogP contribution is -2.35. The number of hydrogen-bond acceptors (Lipinski definition) is 5. The molecule has 1 aliphatic carbocycles. The van der Waals surface area contributed by atoms with Gasteiger partial charge in [0.25, 0.3) is 5.91 Å². The van der Waals surface area contributed by atoms with Crippen LogP contribution >= 0.6 is 0 Å². The van der Waals surface area contributed by atoms with Crippen LogP contribution in [0.3, 0.4) is 0 Å². The normalized spacial score (nSPS) is 20.7. The standard InChI is InChI=1S/C17H26N2O4/c1-21-14-8-7-13(15(22-2)16(14)23-3)17(20)19-10-11-5-4-6-12(18)9-11/h7-8,11-12H,4-6,9-10,18H2,1-3H3,(H,19,20). The van der Waals surface area contributed by atoms with Crippen LogP contribution in [-0.2, 0) is 0 Å². The van der Waals surface area contributed by atoms with Crippen molar-refractivity contribution in [3.8, 4) is 17.2 Å². The third-order valence-corrected chi connectivity index (χ3v) is 4.32. The first kappa shape index (κ1) is 17.4. The van der Waals surface area contributed by atoms with Crippen molar-refractivity contribution in [3.05, 3.63) is 17.7 Å². The average molecular weight is 322 g/mol. The molecule has 6 heteroatoms. The van der Waals surface area contributed by atoms with Gasteiger partial charge in [-0.2, -0.15) is 0 Å². The van der Waals surface area contributed by atoms with E-state index < -0.39 is 0 Å². The van der Waals surface area contributed by atoms with E-state index in [2.05, 4.69) is 5.32 Å². The lowest BCUT2D eigenvalue weighted by molar-refractivity contribution is 0.0938.